The molecule has 2 fully saturated rings. The first-order valence-corrected chi connectivity index (χ1v) is 10.4. The van der Waals surface area contributed by atoms with Crippen LogP contribution in [0.25, 0.3) is 0 Å². The van der Waals surface area contributed by atoms with Gasteiger partial charge >= 0.3 is 0 Å². The van der Waals surface area contributed by atoms with E-state index in [2.05, 4.69) is 27.3 Å². The van der Waals surface area contributed by atoms with Crippen LogP contribution in [0.4, 0.5) is 0 Å². The van der Waals surface area contributed by atoms with Gasteiger partial charge in [-0.05, 0) is 36.1 Å². The molecule has 1 atom stereocenters. The van der Waals surface area contributed by atoms with Gasteiger partial charge in [0.2, 0.25) is 5.91 Å². The van der Waals surface area contributed by atoms with Gasteiger partial charge in [-0.25, -0.2) is 0 Å². The first-order valence-electron chi connectivity index (χ1n) is 10.4. The molecule has 1 amide bonds. The third-order valence-corrected chi connectivity index (χ3v) is 6.17. The Hall–Kier alpha value is -2.24. The first-order chi connectivity index (χ1) is 13.8. The SMILES string of the molecule is O=C(N[C@H](c1ccccc1)c1ccncc1)C1(N2CCOCC2)CCCCC1. The molecule has 2 heterocycles. The standard InChI is InChI=1S/C23H29N3O2/c27-22(23(11-5-2-6-12-23)26-15-17-28-18-16-26)25-21(19-7-3-1-4-8-19)20-9-13-24-14-10-20/h1,3-4,7-10,13-14,21H,2,5-6,11-12,15-18H2,(H,25,27)/t21-/m1/s1. The van der Waals surface area contributed by atoms with Crippen LogP contribution in [-0.2, 0) is 9.53 Å². The van der Waals surface area contributed by atoms with E-state index in [-0.39, 0.29) is 11.9 Å². The van der Waals surface area contributed by atoms with E-state index in [0.29, 0.717) is 13.2 Å². The number of benzene rings is 1. The summed E-state index contributed by atoms with van der Waals surface area (Å²) < 4.78 is 5.55. The average molecular weight is 380 g/mol. The second-order valence-electron chi connectivity index (χ2n) is 7.79. The number of hydrogen-bond acceptors (Lipinski definition) is 4. The van der Waals surface area contributed by atoms with Crippen LogP contribution in [-0.4, -0.2) is 47.6 Å². The number of pyridine rings is 1. The fraction of sp³-hybridized carbons (Fsp3) is 0.478. The Morgan fingerprint density at radius 1 is 0.964 bits per heavy atom. The fourth-order valence-corrected chi connectivity index (χ4v) is 4.64. The van der Waals surface area contributed by atoms with Crippen molar-refractivity contribution in [2.24, 2.45) is 0 Å². The van der Waals surface area contributed by atoms with Crippen molar-refractivity contribution in [2.45, 2.75) is 43.7 Å². The van der Waals surface area contributed by atoms with Gasteiger partial charge < -0.3 is 10.1 Å². The number of nitrogens with one attached hydrogen (secondary N) is 1. The molecule has 0 spiro atoms. The third kappa shape index (κ3) is 3.96. The summed E-state index contributed by atoms with van der Waals surface area (Å²) in [7, 11) is 0. The molecular weight excluding hydrogens is 350 g/mol. The normalized spacial score (nSPS) is 21.0. The third-order valence-electron chi connectivity index (χ3n) is 6.17. The Labute approximate surface area is 167 Å². The summed E-state index contributed by atoms with van der Waals surface area (Å²) in [4.78, 5) is 20.3. The summed E-state index contributed by atoms with van der Waals surface area (Å²) in [5.41, 5.74) is 1.74. The molecule has 1 aliphatic carbocycles. The summed E-state index contributed by atoms with van der Waals surface area (Å²) in [5, 5.41) is 3.41. The van der Waals surface area contributed by atoms with Gasteiger partial charge in [-0.15, -0.1) is 0 Å². The van der Waals surface area contributed by atoms with Crippen LogP contribution in [0.5, 0.6) is 0 Å². The highest BCUT2D eigenvalue weighted by molar-refractivity contribution is 5.87. The van der Waals surface area contributed by atoms with Crippen LogP contribution in [0.3, 0.4) is 0 Å². The molecule has 1 saturated heterocycles. The lowest BCUT2D eigenvalue weighted by Gasteiger charge is -2.47. The summed E-state index contributed by atoms with van der Waals surface area (Å²) in [6.45, 7) is 3.08. The summed E-state index contributed by atoms with van der Waals surface area (Å²) in [6, 6.07) is 14.0. The number of rotatable bonds is 5. The fourth-order valence-electron chi connectivity index (χ4n) is 4.64. The second-order valence-corrected chi connectivity index (χ2v) is 7.79. The molecule has 4 rings (SSSR count). The number of amides is 1. The van der Waals surface area contributed by atoms with Gasteiger partial charge in [-0.3, -0.25) is 14.7 Å². The van der Waals surface area contributed by atoms with Gasteiger partial charge in [-0.2, -0.15) is 0 Å². The maximum Gasteiger partial charge on any atom is 0.241 e. The smallest absolute Gasteiger partial charge is 0.241 e. The predicted octanol–water partition coefficient (Wildman–Crippen LogP) is 3.32. The molecule has 28 heavy (non-hydrogen) atoms. The Morgan fingerprint density at radius 3 is 2.29 bits per heavy atom. The second kappa shape index (κ2) is 8.84. The minimum absolute atomic E-state index is 0.153. The zero-order valence-electron chi connectivity index (χ0n) is 16.3. The largest absolute Gasteiger partial charge is 0.379 e. The molecule has 5 heteroatoms. The molecule has 2 aromatic rings. The lowest BCUT2D eigenvalue weighted by Crippen LogP contribution is -2.62. The van der Waals surface area contributed by atoms with E-state index >= 15 is 0 Å². The number of carbonyl (C=O) groups is 1. The average Bonchev–Trinajstić information content (AvgIpc) is 2.79. The van der Waals surface area contributed by atoms with E-state index in [0.717, 1.165) is 49.9 Å². The van der Waals surface area contributed by atoms with Crippen molar-refractivity contribution in [3.05, 3.63) is 66.0 Å². The van der Waals surface area contributed by atoms with E-state index < -0.39 is 5.54 Å². The van der Waals surface area contributed by atoms with Crippen molar-refractivity contribution in [1.29, 1.82) is 0 Å². The zero-order valence-corrected chi connectivity index (χ0v) is 16.3. The van der Waals surface area contributed by atoms with Gasteiger partial charge in [0.25, 0.3) is 0 Å². The van der Waals surface area contributed by atoms with E-state index in [9.17, 15) is 4.79 Å². The summed E-state index contributed by atoms with van der Waals surface area (Å²) >= 11 is 0. The molecule has 0 unspecified atom stereocenters. The highest BCUT2D eigenvalue weighted by Crippen LogP contribution is 2.36. The van der Waals surface area contributed by atoms with Crippen molar-refractivity contribution >= 4 is 5.91 Å². The van der Waals surface area contributed by atoms with Crippen LogP contribution in [0.2, 0.25) is 0 Å². The number of hydrogen-bond donors (Lipinski definition) is 1. The van der Waals surface area contributed by atoms with E-state index in [1.54, 1.807) is 12.4 Å². The number of ether oxygens (including phenoxy) is 1. The van der Waals surface area contributed by atoms with Crippen LogP contribution in [0.15, 0.2) is 54.9 Å². The van der Waals surface area contributed by atoms with Crippen LogP contribution < -0.4 is 5.32 Å². The Balaban J connectivity index is 1.63. The molecule has 0 radical (unpaired) electrons. The van der Waals surface area contributed by atoms with Crippen molar-refractivity contribution in [1.82, 2.24) is 15.2 Å². The number of aromatic nitrogens is 1. The van der Waals surface area contributed by atoms with Crippen molar-refractivity contribution in [3.8, 4) is 0 Å². The number of carbonyl (C=O) groups excluding carboxylic acids is 1. The van der Waals surface area contributed by atoms with Crippen LogP contribution >= 0.6 is 0 Å². The van der Waals surface area contributed by atoms with Gasteiger partial charge in [0.05, 0.1) is 19.3 Å². The molecule has 1 aromatic heterocycles. The van der Waals surface area contributed by atoms with E-state index in [1.165, 1.54) is 6.42 Å². The van der Waals surface area contributed by atoms with Crippen LogP contribution in [0, 0.1) is 0 Å². The molecule has 1 N–H and O–H groups in total. The first kappa shape index (κ1) is 19.1. The quantitative estimate of drug-likeness (QED) is 0.866. The maximum atomic E-state index is 13.8. The molecule has 1 saturated carbocycles. The zero-order chi connectivity index (χ0) is 19.2. The molecule has 5 nitrogen and oxygen atoms in total. The number of morpholine rings is 1. The van der Waals surface area contributed by atoms with Gasteiger partial charge in [0.1, 0.15) is 5.54 Å². The van der Waals surface area contributed by atoms with Gasteiger partial charge in [-0.1, -0.05) is 49.6 Å². The summed E-state index contributed by atoms with van der Waals surface area (Å²) in [5.74, 6) is 0.153. The van der Waals surface area contributed by atoms with Crippen molar-refractivity contribution in [3.63, 3.8) is 0 Å². The topological polar surface area (TPSA) is 54.5 Å². The highest BCUT2D eigenvalue weighted by atomic mass is 16.5. The molecule has 2 aliphatic rings. The lowest BCUT2D eigenvalue weighted by molar-refractivity contribution is -0.140. The minimum Gasteiger partial charge on any atom is -0.379 e. The Kier molecular flexibility index (Phi) is 6.03. The lowest BCUT2D eigenvalue weighted by atomic mass is 9.78. The molecular formula is C23H29N3O2. The molecule has 1 aliphatic heterocycles. The van der Waals surface area contributed by atoms with E-state index in [1.807, 2.05) is 30.3 Å². The molecule has 148 valence electrons. The molecule has 1 aromatic carbocycles. The maximum absolute atomic E-state index is 13.8. The van der Waals surface area contributed by atoms with Gasteiger partial charge in [0, 0.05) is 25.5 Å². The predicted molar refractivity (Wildman–Crippen MR) is 109 cm³/mol. The minimum atomic E-state index is -0.415. The monoisotopic (exact) mass is 379 g/mol. The van der Waals surface area contributed by atoms with Crippen molar-refractivity contribution in [2.75, 3.05) is 26.3 Å². The molecule has 0 bridgehead atoms. The highest BCUT2D eigenvalue weighted by Gasteiger charge is 2.45. The van der Waals surface area contributed by atoms with Crippen molar-refractivity contribution < 1.29 is 9.53 Å². The van der Waals surface area contributed by atoms with Gasteiger partial charge in [0.15, 0.2) is 0 Å². The number of nitrogens with zero attached hydrogens (tertiary/aromatic N) is 2. The Bertz CT molecular complexity index is 714. The van der Waals surface area contributed by atoms with E-state index in [4.69, 9.17) is 4.74 Å². The Morgan fingerprint density at radius 2 is 1.61 bits per heavy atom. The van der Waals surface area contributed by atoms with Crippen LogP contribution in [0.1, 0.15) is 49.3 Å². The summed E-state index contributed by atoms with van der Waals surface area (Å²) in [6.07, 6.45) is 8.86.